The van der Waals surface area contributed by atoms with Gasteiger partial charge in [0.05, 0.1) is 22.8 Å². The summed E-state index contributed by atoms with van der Waals surface area (Å²) in [6.45, 7) is 0. The quantitative estimate of drug-likeness (QED) is 0.761. The molecule has 0 bridgehead atoms. The first-order valence-corrected chi connectivity index (χ1v) is 6.82. The van der Waals surface area contributed by atoms with E-state index in [1.165, 1.54) is 5.56 Å². The van der Waals surface area contributed by atoms with E-state index in [4.69, 9.17) is 11.6 Å². The van der Waals surface area contributed by atoms with Crippen LogP contribution in [-0.2, 0) is 0 Å². The Hall–Kier alpha value is -1.72. The Kier molecular flexibility index (Phi) is 4.08. The molecule has 2 unspecified atom stereocenters. The Labute approximate surface area is 122 Å². The van der Waals surface area contributed by atoms with Gasteiger partial charge in [0.2, 0.25) is 0 Å². The lowest BCUT2D eigenvalue weighted by molar-refractivity contribution is 0.555. The van der Waals surface area contributed by atoms with Crippen molar-refractivity contribution in [3.8, 4) is 0 Å². The van der Waals surface area contributed by atoms with E-state index in [0.29, 0.717) is 5.02 Å². The van der Waals surface area contributed by atoms with Gasteiger partial charge in [0.15, 0.2) is 0 Å². The molecule has 3 rings (SSSR count). The van der Waals surface area contributed by atoms with Gasteiger partial charge in [-0.25, -0.2) is 10.9 Å². The van der Waals surface area contributed by atoms with Crippen molar-refractivity contribution < 1.29 is 0 Å². The van der Waals surface area contributed by atoms with Crippen molar-refractivity contribution in [3.63, 3.8) is 0 Å². The molecule has 0 aromatic heterocycles. The Morgan fingerprint density at radius 1 is 0.950 bits per heavy atom. The number of aliphatic imine (C=N–C) groups is 1. The summed E-state index contributed by atoms with van der Waals surface area (Å²) in [4.78, 5) is 4.46. The maximum Gasteiger partial charge on any atom is 0.0812 e. The molecule has 1 saturated heterocycles. The minimum absolute atomic E-state index is 0.0497. The minimum atomic E-state index is 0.0497. The van der Waals surface area contributed by atoms with Gasteiger partial charge in [-0.2, -0.15) is 5.53 Å². The Balaban J connectivity index is 1.78. The van der Waals surface area contributed by atoms with E-state index in [2.05, 4.69) is 33.5 Å². The van der Waals surface area contributed by atoms with Crippen LogP contribution >= 0.6 is 11.6 Å². The highest BCUT2D eigenvalue weighted by molar-refractivity contribution is 6.33. The van der Waals surface area contributed by atoms with E-state index in [1.54, 1.807) is 0 Å². The summed E-state index contributed by atoms with van der Waals surface area (Å²) in [6.07, 6.45) is 1.87. The summed E-state index contributed by atoms with van der Waals surface area (Å²) in [6, 6.07) is 18.0. The van der Waals surface area contributed by atoms with Crippen LogP contribution in [0.2, 0.25) is 5.02 Å². The van der Waals surface area contributed by atoms with Crippen LogP contribution in [-0.4, -0.2) is 12.3 Å². The molecule has 0 spiro atoms. The molecule has 2 atom stereocenters. The number of para-hydroxylation sites is 1. The lowest BCUT2D eigenvalue weighted by atomic mass is 10.0. The lowest BCUT2D eigenvalue weighted by Gasteiger charge is -2.14. The van der Waals surface area contributed by atoms with Gasteiger partial charge < -0.3 is 0 Å². The maximum absolute atomic E-state index is 6.10. The number of benzene rings is 2. The zero-order chi connectivity index (χ0) is 13.8. The van der Waals surface area contributed by atoms with Gasteiger partial charge in [0, 0.05) is 6.21 Å². The second-order valence-electron chi connectivity index (χ2n) is 4.56. The molecule has 1 aliphatic rings. The van der Waals surface area contributed by atoms with Crippen LogP contribution in [0.1, 0.15) is 11.6 Å². The molecule has 2 aromatic rings. The van der Waals surface area contributed by atoms with Gasteiger partial charge >= 0.3 is 0 Å². The molecule has 20 heavy (non-hydrogen) atoms. The number of hydrazine groups is 2. The molecule has 4 nitrogen and oxygen atoms in total. The van der Waals surface area contributed by atoms with Crippen molar-refractivity contribution >= 4 is 23.5 Å². The number of nitrogens with one attached hydrogen (secondary N) is 3. The molecule has 0 saturated carbocycles. The van der Waals surface area contributed by atoms with Gasteiger partial charge in [-0.15, -0.1) is 0 Å². The molecule has 1 aliphatic heterocycles. The normalized spacial score (nSPS) is 22.4. The smallest absolute Gasteiger partial charge is 0.0812 e. The molecule has 0 amide bonds. The van der Waals surface area contributed by atoms with Gasteiger partial charge in [-0.1, -0.05) is 54.1 Å². The molecule has 102 valence electrons. The van der Waals surface area contributed by atoms with Crippen LogP contribution in [0.4, 0.5) is 5.69 Å². The first-order valence-electron chi connectivity index (χ1n) is 6.44. The first kappa shape index (κ1) is 13.3. The van der Waals surface area contributed by atoms with E-state index in [0.717, 1.165) is 5.69 Å². The van der Waals surface area contributed by atoms with Gasteiger partial charge in [0.1, 0.15) is 0 Å². The van der Waals surface area contributed by atoms with Crippen LogP contribution in [0.5, 0.6) is 0 Å². The van der Waals surface area contributed by atoms with E-state index in [9.17, 15) is 0 Å². The standard InChI is InChI=1S/C15H15ClN4/c16-12-8-4-5-9-13(12)17-10-14-15(19-20-18-14)11-6-2-1-3-7-11/h1-10,14-15,18-20H. The van der Waals surface area contributed by atoms with Gasteiger partial charge in [-0.05, 0) is 17.7 Å². The lowest BCUT2D eigenvalue weighted by Crippen LogP contribution is -2.33. The van der Waals surface area contributed by atoms with E-state index in [-0.39, 0.29) is 12.1 Å². The highest BCUT2D eigenvalue weighted by Crippen LogP contribution is 2.24. The third kappa shape index (κ3) is 2.89. The number of nitrogens with zero attached hydrogens (tertiary/aromatic N) is 1. The van der Waals surface area contributed by atoms with E-state index >= 15 is 0 Å². The van der Waals surface area contributed by atoms with Crippen molar-refractivity contribution in [2.24, 2.45) is 4.99 Å². The van der Waals surface area contributed by atoms with Crippen molar-refractivity contribution in [1.82, 2.24) is 16.4 Å². The van der Waals surface area contributed by atoms with Gasteiger partial charge in [-0.3, -0.25) is 4.99 Å². The number of hydrogen-bond acceptors (Lipinski definition) is 4. The Morgan fingerprint density at radius 3 is 2.50 bits per heavy atom. The highest BCUT2D eigenvalue weighted by Gasteiger charge is 2.26. The zero-order valence-corrected chi connectivity index (χ0v) is 11.5. The van der Waals surface area contributed by atoms with Crippen molar-refractivity contribution in [2.75, 3.05) is 0 Å². The van der Waals surface area contributed by atoms with E-state index < -0.39 is 0 Å². The fourth-order valence-electron chi connectivity index (χ4n) is 2.17. The summed E-state index contributed by atoms with van der Waals surface area (Å²) >= 11 is 6.10. The molecule has 1 heterocycles. The summed E-state index contributed by atoms with van der Waals surface area (Å²) in [7, 11) is 0. The topological polar surface area (TPSA) is 48.5 Å². The number of halogens is 1. The van der Waals surface area contributed by atoms with Crippen molar-refractivity contribution in [2.45, 2.75) is 12.1 Å². The van der Waals surface area contributed by atoms with Crippen LogP contribution in [0.25, 0.3) is 0 Å². The third-order valence-corrected chi connectivity index (χ3v) is 3.53. The number of hydrogen-bond donors (Lipinski definition) is 3. The monoisotopic (exact) mass is 286 g/mol. The van der Waals surface area contributed by atoms with Crippen LogP contribution < -0.4 is 16.4 Å². The first-order chi connectivity index (χ1) is 9.84. The predicted molar refractivity (Wildman–Crippen MR) is 82.0 cm³/mol. The average Bonchev–Trinajstić information content (AvgIpc) is 2.96. The summed E-state index contributed by atoms with van der Waals surface area (Å²) in [5.41, 5.74) is 11.2. The third-order valence-electron chi connectivity index (χ3n) is 3.21. The summed E-state index contributed by atoms with van der Waals surface area (Å²) in [5.74, 6) is 0. The van der Waals surface area contributed by atoms with E-state index in [1.807, 2.05) is 48.7 Å². The largest absolute Gasteiger partial charge is 0.258 e. The minimum Gasteiger partial charge on any atom is -0.258 e. The second-order valence-corrected chi connectivity index (χ2v) is 4.96. The molecule has 3 N–H and O–H groups in total. The average molecular weight is 287 g/mol. The van der Waals surface area contributed by atoms with Crippen molar-refractivity contribution in [3.05, 3.63) is 65.2 Å². The van der Waals surface area contributed by atoms with Crippen LogP contribution in [0.3, 0.4) is 0 Å². The Bertz CT molecular complexity index is 600. The molecule has 0 radical (unpaired) electrons. The van der Waals surface area contributed by atoms with Crippen LogP contribution in [0.15, 0.2) is 59.6 Å². The highest BCUT2D eigenvalue weighted by atomic mass is 35.5. The molecule has 1 fully saturated rings. The van der Waals surface area contributed by atoms with Gasteiger partial charge in [0.25, 0.3) is 0 Å². The van der Waals surface area contributed by atoms with Crippen LogP contribution in [0, 0.1) is 0 Å². The Morgan fingerprint density at radius 2 is 1.70 bits per heavy atom. The molecular formula is C15H15ClN4. The summed E-state index contributed by atoms with van der Waals surface area (Å²) in [5, 5.41) is 0.652. The fraction of sp³-hybridized carbons (Fsp3) is 0.133. The number of rotatable bonds is 3. The molecule has 5 heteroatoms. The molecule has 2 aromatic carbocycles. The maximum atomic E-state index is 6.10. The zero-order valence-electron chi connectivity index (χ0n) is 10.8. The summed E-state index contributed by atoms with van der Waals surface area (Å²) < 4.78 is 0. The second kappa shape index (κ2) is 6.15. The fourth-order valence-corrected chi connectivity index (χ4v) is 2.35. The SMILES string of the molecule is Clc1ccccc1N=CC1NNNC1c1ccccc1. The van der Waals surface area contributed by atoms with Crippen molar-refractivity contribution in [1.29, 1.82) is 0 Å². The predicted octanol–water partition coefficient (Wildman–Crippen LogP) is 2.76. The molecular weight excluding hydrogens is 272 g/mol. The molecule has 0 aliphatic carbocycles.